The number of likely N-dealkylation sites (tertiary alicyclic amines) is 1. The van der Waals surface area contributed by atoms with E-state index in [-0.39, 0.29) is 12.5 Å². The normalized spacial score (nSPS) is 15.6. The van der Waals surface area contributed by atoms with Crippen LogP contribution in [0.4, 0.5) is 8.78 Å². The SMILES string of the molecule is Cc1cc(C2=C(c3ccc(F)cc3C)CCCc3cc(C(=O)O)ccc32)c(C)cc1C=C1CN(CCCF)C1. The molecule has 1 N–H and O–H groups in total. The maximum atomic E-state index is 14.1. The molecule has 0 saturated carbocycles. The maximum absolute atomic E-state index is 14.1. The Morgan fingerprint density at radius 2 is 1.67 bits per heavy atom. The summed E-state index contributed by atoms with van der Waals surface area (Å²) in [5.74, 6) is -1.17. The van der Waals surface area contributed by atoms with Crippen molar-refractivity contribution in [3.05, 3.63) is 110 Å². The Bertz CT molecular complexity index is 1490. The first-order chi connectivity index (χ1) is 18.7. The summed E-state index contributed by atoms with van der Waals surface area (Å²) in [6.07, 6.45) is 5.33. The molecule has 39 heavy (non-hydrogen) atoms. The number of hydrogen-bond acceptors (Lipinski definition) is 2. The number of benzene rings is 3. The van der Waals surface area contributed by atoms with Gasteiger partial charge < -0.3 is 5.11 Å². The fourth-order valence-corrected chi connectivity index (χ4v) is 6.01. The summed E-state index contributed by atoms with van der Waals surface area (Å²) in [6.45, 7) is 8.51. The van der Waals surface area contributed by atoms with Gasteiger partial charge in [-0.15, -0.1) is 0 Å². The highest BCUT2D eigenvalue weighted by Gasteiger charge is 2.24. The van der Waals surface area contributed by atoms with Gasteiger partial charge in [-0.1, -0.05) is 30.3 Å². The summed E-state index contributed by atoms with van der Waals surface area (Å²) in [5.41, 5.74) is 12.6. The van der Waals surface area contributed by atoms with E-state index in [1.54, 1.807) is 12.1 Å². The minimum atomic E-state index is -0.925. The van der Waals surface area contributed by atoms with Crippen molar-refractivity contribution in [3.8, 4) is 0 Å². The van der Waals surface area contributed by atoms with Crippen LogP contribution in [0.15, 0.2) is 54.1 Å². The molecule has 0 atom stereocenters. The predicted octanol–water partition coefficient (Wildman–Crippen LogP) is 7.80. The van der Waals surface area contributed by atoms with E-state index in [9.17, 15) is 18.7 Å². The van der Waals surface area contributed by atoms with Crippen LogP contribution in [0.25, 0.3) is 17.2 Å². The number of hydrogen-bond donors (Lipinski definition) is 1. The van der Waals surface area contributed by atoms with Crippen molar-refractivity contribution in [2.45, 2.75) is 46.5 Å². The van der Waals surface area contributed by atoms with E-state index in [2.05, 4.69) is 37.0 Å². The standard InChI is InChI=1S/C34H35F2NO2/c1-21-16-32(22(2)14-27(21)17-24-19-37(20-24)13-5-12-35)33-30-10-8-26(34(38)39)18-25(30)6-4-7-31(33)29-11-9-28(36)15-23(29)3/h8-11,14-18H,4-7,12-13,19-20H2,1-3H3,(H,38,39). The van der Waals surface area contributed by atoms with Gasteiger partial charge in [0.2, 0.25) is 0 Å². The molecule has 0 aromatic heterocycles. The summed E-state index contributed by atoms with van der Waals surface area (Å²) in [4.78, 5) is 14.0. The molecule has 0 bridgehead atoms. The van der Waals surface area contributed by atoms with E-state index in [0.29, 0.717) is 12.0 Å². The Balaban J connectivity index is 1.64. The van der Waals surface area contributed by atoms with Crippen LogP contribution in [0.3, 0.4) is 0 Å². The number of aromatic carboxylic acids is 1. The third-order valence-electron chi connectivity index (χ3n) is 8.01. The minimum absolute atomic E-state index is 0.248. The van der Waals surface area contributed by atoms with E-state index >= 15 is 0 Å². The number of fused-ring (bicyclic) bond motifs is 1. The zero-order valence-corrected chi connectivity index (χ0v) is 22.9. The highest BCUT2D eigenvalue weighted by atomic mass is 19.1. The molecule has 0 unspecified atom stereocenters. The summed E-state index contributed by atoms with van der Waals surface area (Å²) in [6, 6.07) is 14.9. The third kappa shape index (κ3) is 5.60. The van der Waals surface area contributed by atoms with Crippen molar-refractivity contribution in [3.63, 3.8) is 0 Å². The minimum Gasteiger partial charge on any atom is -0.478 e. The van der Waals surface area contributed by atoms with Crippen molar-refractivity contribution in [2.75, 3.05) is 26.3 Å². The van der Waals surface area contributed by atoms with Crippen LogP contribution in [-0.2, 0) is 6.42 Å². The van der Waals surface area contributed by atoms with Gasteiger partial charge in [-0.05, 0) is 132 Å². The summed E-state index contributed by atoms with van der Waals surface area (Å²) < 4.78 is 26.6. The van der Waals surface area contributed by atoms with E-state index in [0.717, 1.165) is 77.9 Å². The van der Waals surface area contributed by atoms with Crippen molar-refractivity contribution in [1.82, 2.24) is 4.90 Å². The number of carboxylic acids is 1. The number of nitrogens with zero attached hydrogens (tertiary/aromatic N) is 1. The molecule has 5 heteroatoms. The Labute approximate surface area is 229 Å². The van der Waals surface area contributed by atoms with Crippen LogP contribution in [0, 0.1) is 26.6 Å². The fourth-order valence-electron chi connectivity index (χ4n) is 6.01. The molecule has 1 aliphatic heterocycles. The molecule has 3 aromatic rings. The molecule has 5 rings (SSSR count). The van der Waals surface area contributed by atoms with Crippen LogP contribution in [0.2, 0.25) is 0 Å². The molecule has 1 aliphatic carbocycles. The number of carboxylic acid groups (broad SMARTS) is 1. The average Bonchev–Trinajstić information content (AvgIpc) is 3.06. The van der Waals surface area contributed by atoms with Crippen LogP contribution in [0.5, 0.6) is 0 Å². The molecular formula is C34H35F2NO2. The number of aryl methyl sites for hydroxylation is 4. The quantitative estimate of drug-likeness (QED) is 0.341. The van der Waals surface area contributed by atoms with Gasteiger partial charge in [0.05, 0.1) is 12.2 Å². The summed E-state index contributed by atoms with van der Waals surface area (Å²) >= 11 is 0. The topological polar surface area (TPSA) is 40.5 Å². The van der Waals surface area contributed by atoms with Crippen LogP contribution in [-0.4, -0.2) is 42.3 Å². The fraction of sp³-hybridized carbons (Fsp3) is 0.324. The molecule has 2 aliphatic rings. The molecule has 3 aromatic carbocycles. The highest BCUT2D eigenvalue weighted by molar-refractivity contribution is 6.02. The third-order valence-corrected chi connectivity index (χ3v) is 8.01. The molecule has 1 fully saturated rings. The van der Waals surface area contributed by atoms with Crippen molar-refractivity contribution in [2.24, 2.45) is 0 Å². The number of carbonyl (C=O) groups is 1. The Hall–Kier alpha value is -3.57. The highest BCUT2D eigenvalue weighted by Crippen LogP contribution is 2.42. The lowest BCUT2D eigenvalue weighted by Gasteiger charge is -2.34. The molecule has 1 heterocycles. The molecule has 202 valence electrons. The number of allylic oxidation sites excluding steroid dienone is 1. The molecule has 3 nitrogen and oxygen atoms in total. The monoisotopic (exact) mass is 527 g/mol. The Morgan fingerprint density at radius 3 is 2.38 bits per heavy atom. The van der Waals surface area contributed by atoms with Gasteiger partial charge in [0.15, 0.2) is 0 Å². The predicted molar refractivity (Wildman–Crippen MR) is 154 cm³/mol. The van der Waals surface area contributed by atoms with Crippen molar-refractivity contribution < 1.29 is 18.7 Å². The van der Waals surface area contributed by atoms with Gasteiger partial charge in [-0.25, -0.2) is 9.18 Å². The maximum Gasteiger partial charge on any atom is 0.335 e. The average molecular weight is 528 g/mol. The van der Waals surface area contributed by atoms with E-state index in [4.69, 9.17) is 0 Å². The number of rotatable bonds is 7. The molecule has 1 saturated heterocycles. The molecule has 0 radical (unpaired) electrons. The van der Waals surface area contributed by atoms with Crippen molar-refractivity contribution in [1.29, 1.82) is 0 Å². The van der Waals surface area contributed by atoms with Gasteiger partial charge in [0, 0.05) is 19.6 Å². The second-order valence-corrected chi connectivity index (χ2v) is 10.9. The zero-order chi connectivity index (χ0) is 27.7. The summed E-state index contributed by atoms with van der Waals surface area (Å²) in [5, 5.41) is 9.63. The zero-order valence-electron chi connectivity index (χ0n) is 22.9. The largest absolute Gasteiger partial charge is 0.478 e. The first-order valence-electron chi connectivity index (χ1n) is 13.7. The summed E-state index contributed by atoms with van der Waals surface area (Å²) in [7, 11) is 0. The van der Waals surface area contributed by atoms with Crippen molar-refractivity contribution >= 4 is 23.2 Å². The lowest BCUT2D eigenvalue weighted by molar-refractivity contribution is 0.0696. The van der Waals surface area contributed by atoms with Gasteiger partial charge in [-0.3, -0.25) is 9.29 Å². The molecule has 0 spiro atoms. The Kier molecular flexibility index (Phi) is 7.81. The number of halogens is 2. The van der Waals surface area contributed by atoms with Gasteiger partial charge in [0.25, 0.3) is 0 Å². The lowest BCUT2D eigenvalue weighted by Crippen LogP contribution is -2.40. The Morgan fingerprint density at radius 1 is 0.923 bits per heavy atom. The van der Waals surface area contributed by atoms with Crippen LogP contribution >= 0.6 is 0 Å². The van der Waals surface area contributed by atoms with Gasteiger partial charge >= 0.3 is 5.97 Å². The van der Waals surface area contributed by atoms with Gasteiger partial charge in [0.1, 0.15) is 5.82 Å². The smallest absolute Gasteiger partial charge is 0.335 e. The van der Waals surface area contributed by atoms with E-state index < -0.39 is 5.97 Å². The van der Waals surface area contributed by atoms with Gasteiger partial charge in [-0.2, -0.15) is 0 Å². The molecular weight excluding hydrogens is 492 g/mol. The first kappa shape index (κ1) is 27.0. The number of alkyl halides is 1. The van der Waals surface area contributed by atoms with Crippen LogP contribution < -0.4 is 0 Å². The van der Waals surface area contributed by atoms with Crippen LogP contribution in [0.1, 0.15) is 74.1 Å². The second kappa shape index (κ2) is 11.3. The van der Waals surface area contributed by atoms with E-state index in [1.165, 1.54) is 28.3 Å². The van der Waals surface area contributed by atoms with E-state index in [1.807, 2.05) is 25.1 Å². The molecule has 0 amide bonds. The first-order valence-corrected chi connectivity index (χ1v) is 13.7. The lowest BCUT2D eigenvalue weighted by atomic mass is 9.83. The second-order valence-electron chi connectivity index (χ2n) is 10.9.